The van der Waals surface area contributed by atoms with Gasteiger partial charge < -0.3 is 24.7 Å². The van der Waals surface area contributed by atoms with Crippen LogP contribution in [-0.2, 0) is 13.9 Å². The highest BCUT2D eigenvalue weighted by Crippen LogP contribution is 2.58. The van der Waals surface area contributed by atoms with Crippen LogP contribution in [0.25, 0.3) is 0 Å². The molecular weight excluding hydrogens is 342 g/mol. The van der Waals surface area contributed by atoms with Gasteiger partial charge in [-0.15, -0.1) is 0 Å². The minimum atomic E-state index is -5.01. The van der Waals surface area contributed by atoms with Gasteiger partial charge in [-0.1, -0.05) is 11.8 Å². The lowest BCUT2D eigenvalue weighted by molar-refractivity contribution is -0.109. The third-order valence-corrected chi connectivity index (χ3v) is 7.44. The monoisotopic (exact) mass is 362 g/mol. The quantitative estimate of drug-likeness (QED) is 0.448. The van der Waals surface area contributed by atoms with Crippen LogP contribution in [0.4, 0.5) is 0 Å². The van der Waals surface area contributed by atoms with Crippen molar-refractivity contribution in [1.82, 2.24) is 0 Å². The Labute approximate surface area is 126 Å². The minimum absolute atomic E-state index is 0.0414. The van der Waals surface area contributed by atoms with E-state index in [1.165, 1.54) is 6.92 Å². The second kappa shape index (κ2) is 7.23. The Kier molecular flexibility index (Phi) is 6.66. The smallest absolute Gasteiger partial charge is 0.354 e. The average molecular weight is 362 g/mol. The second-order valence-electron chi connectivity index (χ2n) is 5.23. The van der Waals surface area contributed by atoms with E-state index in [9.17, 15) is 28.8 Å². The van der Waals surface area contributed by atoms with Gasteiger partial charge in [0.2, 0.25) is 0 Å². The Morgan fingerprint density at radius 2 is 1.52 bits per heavy atom. The van der Waals surface area contributed by atoms with E-state index in [4.69, 9.17) is 9.79 Å². The van der Waals surface area contributed by atoms with Crippen LogP contribution >= 0.6 is 27.0 Å². The van der Waals surface area contributed by atoms with Crippen LogP contribution in [-0.4, -0.2) is 46.5 Å². The summed E-state index contributed by atoms with van der Waals surface area (Å²) in [5, 5.41) is 9.63. The molecule has 1 rings (SSSR count). The van der Waals surface area contributed by atoms with Gasteiger partial charge in [0.25, 0.3) is 0 Å². The first-order valence-electron chi connectivity index (χ1n) is 6.38. The van der Waals surface area contributed by atoms with Gasteiger partial charge in [-0.3, -0.25) is 13.9 Å². The fourth-order valence-electron chi connectivity index (χ4n) is 2.67. The highest BCUT2D eigenvalue weighted by molar-refractivity contribution is 8.14. The summed E-state index contributed by atoms with van der Waals surface area (Å²) < 4.78 is 22.6. The van der Waals surface area contributed by atoms with E-state index in [0.29, 0.717) is 25.7 Å². The maximum absolute atomic E-state index is 11.5. The normalized spacial score (nSPS) is 27.1. The highest BCUT2D eigenvalue weighted by Gasteiger charge is 2.49. The molecule has 5 N–H and O–H groups in total. The van der Waals surface area contributed by atoms with Crippen molar-refractivity contribution in [2.24, 2.45) is 5.92 Å². The molecule has 1 saturated carbocycles. The zero-order chi connectivity index (χ0) is 16.4. The van der Waals surface area contributed by atoms with Gasteiger partial charge in [0.05, 0.1) is 0 Å². The van der Waals surface area contributed by atoms with Crippen molar-refractivity contribution in [3.05, 3.63) is 0 Å². The summed E-state index contributed by atoms with van der Waals surface area (Å²) in [5.74, 6) is -3.06. The van der Waals surface area contributed by atoms with Crippen LogP contribution in [0.15, 0.2) is 0 Å². The molecule has 0 saturated heterocycles. The maximum Gasteiger partial charge on any atom is 0.354 e. The Morgan fingerprint density at radius 1 is 1.05 bits per heavy atom. The first kappa shape index (κ1) is 19.3. The van der Waals surface area contributed by atoms with E-state index >= 15 is 0 Å². The molecule has 0 heterocycles. The number of aliphatic hydroxyl groups is 1. The first-order valence-corrected chi connectivity index (χ1v) is 10.6. The van der Waals surface area contributed by atoms with Crippen LogP contribution in [0.3, 0.4) is 0 Å². The third-order valence-electron chi connectivity index (χ3n) is 3.57. The number of rotatable bonds is 5. The average Bonchev–Trinajstić information content (AvgIpc) is 2.27. The number of thioether (sulfide) groups is 1. The Bertz CT molecular complexity index is 464. The molecule has 1 aliphatic carbocycles. The molecular formula is C10H20O8P2S. The van der Waals surface area contributed by atoms with Crippen molar-refractivity contribution < 1.29 is 38.6 Å². The summed E-state index contributed by atoms with van der Waals surface area (Å²) >= 11 is 1.16. The molecule has 2 atom stereocenters. The first-order chi connectivity index (χ1) is 9.43. The lowest BCUT2D eigenvalue weighted by Crippen LogP contribution is -2.36. The molecule has 0 aromatic carbocycles. The summed E-state index contributed by atoms with van der Waals surface area (Å²) in [7, 11) is -9.87. The van der Waals surface area contributed by atoms with Gasteiger partial charge in [-0.05, 0) is 31.6 Å². The summed E-state index contributed by atoms with van der Waals surface area (Å²) in [6, 6.07) is 0. The van der Waals surface area contributed by atoms with E-state index < -0.39 is 32.6 Å². The van der Waals surface area contributed by atoms with Gasteiger partial charge >= 0.3 is 15.2 Å². The van der Waals surface area contributed by atoms with Gasteiger partial charge in [0.15, 0.2) is 11.0 Å². The van der Waals surface area contributed by atoms with Crippen molar-refractivity contribution in [3.63, 3.8) is 0 Å². The predicted octanol–water partition coefficient (Wildman–Crippen LogP) is 0.867. The molecule has 0 aromatic heterocycles. The molecule has 1 fully saturated rings. The molecule has 0 aromatic rings. The molecule has 0 spiro atoms. The van der Waals surface area contributed by atoms with Gasteiger partial charge in [0, 0.05) is 12.2 Å². The molecule has 0 amide bonds. The van der Waals surface area contributed by atoms with Gasteiger partial charge in [-0.2, -0.15) is 0 Å². The van der Waals surface area contributed by atoms with Crippen LogP contribution in [0, 0.1) is 5.92 Å². The number of hydrogen-bond donors (Lipinski definition) is 5. The predicted molar refractivity (Wildman–Crippen MR) is 77.9 cm³/mol. The molecule has 2 unspecified atom stereocenters. The van der Waals surface area contributed by atoms with Crippen LogP contribution in [0.2, 0.25) is 0 Å². The lowest BCUT2D eigenvalue weighted by atomic mass is 9.86. The molecule has 11 heteroatoms. The highest BCUT2D eigenvalue weighted by atomic mass is 32.2. The minimum Gasteiger partial charge on any atom is -0.380 e. The summed E-state index contributed by atoms with van der Waals surface area (Å²) in [4.78, 5) is 47.6. The van der Waals surface area contributed by atoms with Gasteiger partial charge in [0.1, 0.15) is 5.66 Å². The van der Waals surface area contributed by atoms with Crippen molar-refractivity contribution >= 4 is 32.1 Å². The molecule has 1 aliphatic rings. The lowest BCUT2D eigenvalue weighted by Gasteiger charge is -2.35. The van der Waals surface area contributed by atoms with Crippen LogP contribution in [0.5, 0.6) is 0 Å². The Hall–Kier alpha value is 0.280. The topological polar surface area (TPSA) is 152 Å². The van der Waals surface area contributed by atoms with Crippen molar-refractivity contribution in [1.29, 1.82) is 0 Å². The number of carbonyl (C=O) groups is 1. The SMILES string of the molecule is CC(=O)SC1CCC(C(C(O)P(=O)(O)O)P(=O)(O)O)CC1. The molecule has 0 radical (unpaired) electrons. The fourth-order valence-corrected chi connectivity index (χ4v) is 6.53. The number of hydrogen-bond acceptors (Lipinski definition) is 5. The second-order valence-corrected chi connectivity index (χ2v) is 10.2. The van der Waals surface area contributed by atoms with Crippen molar-refractivity contribution in [2.45, 2.75) is 49.4 Å². The van der Waals surface area contributed by atoms with E-state index in [2.05, 4.69) is 0 Å². The summed E-state index contributed by atoms with van der Waals surface area (Å²) in [6.45, 7) is 1.44. The van der Waals surface area contributed by atoms with Crippen LogP contribution < -0.4 is 0 Å². The van der Waals surface area contributed by atoms with E-state index in [1.54, 1.807) is 0 Å². The molecule has 8 nitrogen and oxygen atoms in total. The standard InChI is InChI=1S/C10H20O8P2S/c1-6(11)21-8-4-2-7(3-5-8)9(19(13,14)15)10(12)20(16,17)18/h7-10,12H,2-5H2,1H3,(H2,13,14,15)(H2,16,17,18). The fraction of sp³-hybridized carbons (Fsp3) is 0.900. The van der Waals surface area contributed by atoms with E-state index in [-0.39, 0.29) is 10.4 Å². The van der Waals surface area contributed by atoms with Crippen LogP contribution in [0.1, 0.15) is 32.6 Å². The molecule has 0 aliphatic heterocycles. The number of aliphatic hydroxyl groups excluding tert-OH is 1. The third kappa shape index (κ3) is 5.77. The molecule has 0 bridgehead atoms. The van der Waals surface area contributed by atoms with Crippen molar-refractivity contribution in [2.75, 3.05) is 0 Å². The maximum atomic E-state index is 11.5. The zero-order valence-corrected chi connectivity index (χ0v) is 14.0. The van der Waals surface area contributed by atoms with E-state index in [0.717, 1.165) is 11.8 Å². The van der Waals surface area contributed by atoms with Crippen molar-refractivity contribution in [3.8, 4) is 0 Å². The number of carbonyl (C=O) groups excluding carboxylic acids is 1. The van der Waals surface area contributed by atoms with E-state index in [1.807, 2.05) is 0 Å². The zero-order valence-electron chi connectivity index (χ0n) is 11.4. The Balaban J connectivity index is 2.82. The Morgan fingerprint density at radius 3 is 1.86 bits per heavy atom. The molecule has 124 valence electrons. The largest absolute Gasteiger partial charge is 0.380 e. The summed E-state index contributed by atoms with van der Waals surface area (Å²) in [5.41, 5.74) is -1.78. The summed E-state index contributed by atoms with van der Waals surface area (Å²) in [6.07, 6.45) is 1.63. The van der Waals surface area contributed by atoms with Gasteiger partial charge in [-0.25, -0.2) is 0 Å². The molecule has 21 heavy (non-hydrogen) atoms.